The van der Waals surface area contributed by atoms with E-state index in [1.54, 1.807) is 18.0 Å². The molecule has 0 bridgehead atoms. The van der Waals surface area contributed by atoms with Crippen molar-refractivity contribution in [2.75, 3.05) is 19.5 Å². The first kappa shape index (κ1) is 9.85. The number of ether oxygens (including phenoxy) is 1. The molecule has 0 aliphatic carbocycles. The summed E-state index contributed by atoms with van der Waals surface area (Å²) < 4.78 is 6.73. The molecule has 15 heavy (non-hydrogen) atoms. The number of aromatic nitrogens is 4. The second-order valence-corrected chi connectivity index (χ2v) is 3.18. The summed E-state index contributed by atoms with van der Waals surface area (Å²) in [6, 6.07) is 0. The highest BCUT2D eigenvalue weighted by Crippen LogP contribution is 2.18. The molecule has 2 aromatic heterocycles. The highest BCUT2D eigenvalue weighted by atomic mass is 16.5. The van der Waals surface area contributed by atoms with Gasteiger partial charge in [0.05, 0.1) is 11.6 Å². The van der Waals surface area contributed by atoms with E-state index in [2.05, 4.69) is 20.4 Å². The Balaban J connectivity index is 2.62. The van der Waals surface area contributed by atoms with Crippen molar-refractivity contribution in [1.82, 2.24) is 19.7 Å². The average molecular weight is 207 g/mol. The summed E-state index contributed by atoms with van der Waals surface area (Å²) in [5.74, 6) is 1.43. The van der Waals surface area contributed by atoms with Gasteiger partial charge in [-0.05, 0) is 0 Å². The Hall–Kier alpha value is -1.69. The van der Waals surface area contributed by atoms with Crippen LogP contribution in [-0.4, -0.2) is 33.9 Å². The molecule has 0 unspecified atom stereocenters. The number of aryl methyl sites for hydroxylation is 1. The zero-order chi connectivity index (χ0) is 10.8. The normalized spacial score (nSPS) is 10.9. The SMILES string of the molecule is CNc1nc(COC)nc2c1cnn2C. The minimum absolute atomic E-state index is 0.399. The largest absolute Gasteiger partial charge is 0.377 e. The summed E-state index contributed by atoms with van der Waals surface area (Å²) >= 11 is 0. The maximum absolute atomic E-state index is 5.01. The van der Waals surface area contributed by atoms with Crippen molar-refractivity contribution in [3.8, 4) is 0 Å². The predicted molar refractivity (Wildman–Crippen MR) is 56.6 cm³/mol. The van der Waals surface area contributed by atoms with E-state index < -0.39 is 0 Å². The van der Waals surface area contributed by atoms with Crippen LogP contribution in [0, 0.1) is 0 Å². The molecule has 0 aliphatic rings. The molecule has 0 radical (unpaired) electrons. The van der Waals surface area contributed by atoms with Gasteiger partial charge >= 0.3 is 0 Å². The summed E-state index contributed by atoms with van der Waals surface area (Å²) in [5.41, 5.74) is 0.807. The zero-order valence-corrected chi connectivity index (χ0v) is 8.98. The van der Waals surface area contributed by atoms with E-state index in [0.717, 1.165) is 16.9 Å². The quantitative estimate of drug-likeness (QED) is 0.796. The second kappa shape index (κ2) is 3.82. The fourth-order valence-electron chi connectivity index (χ4n) is 1.45. The van der Waals surface area contributed by atoms with E-state index in [9.17, 15) is 0 Å². The van der Waals surface area contributed by atoms with Crippen molar-refractivity contribution in [3.05, 3.63) is 12.0 Å². The van der Waals surface area contributed by atoms with Gasteiger partial charge in [0.1, 0.15) is 12.4 Å². The maximum atomic E-state index is 5.01. The van der Waals surface area contributed by atoms with Crippen LogP contribution in [0.15, 0.2) is 6.20 Å². The minimum atomic E-state index is 0.399. The van der Waals surface area contributed by atoms with Gasteiger partial charge in [0.25, 0.3) is 0 Å². The van der Waals surface area contributed by atoms with Crippen LogP contribution >= 0.6 is 0 Å². The summed E-state index contributed by atoms with van der Waals surface area (Å²) in [6.07, 6.45) is 1.75. The molecule has 0 aromatic carbocycles. The molecular formula is C9H13N5O. The van der Waals surface area contributed by atoms with Gasteiger partial charge in [0.2, 0.25) is 0 Å². The highest BCUT2D eigenvalue weighted by molar-refractivity contribution is 5.86. The molecule has 0 spiro atoms. The third kappa shape index (κ3) is 1.63. The Bertz CT molecular complexity index is 479. The highest BCUT2D eigenvalue weighted by Gasteiger charge is 2.09. The van der Waals surface area contributed by atoms with Crippen LogP contribution in [0.1, 0.15) is 5.82 Å². The summed E-state index contributed by atoms with van der Waals surface area (Å²) in [6.45, 7) is 0.399. The number of hydrogen-bond donors (Lipinski definition) is 1. The van der Waals surface area contributed by atoms with Crippen molar-refractivity contribution >= 4 is 16.9 Å². The smallest absolute Gasteiger partial charge is 0.163 e. The molecule has 0 aliphatic heterocycles. The average Bonchev–Trinajstić information content (AvgIpc) is 2.60. The Morgan fingerprint density at radius 2 is 2.27 bits per heavy atom. The molecule has 2 heterocycles. The van der Waals surface area contributed by atoms with Gasteiger partial charge in [0, 0.05) is 21.2 Å². The molecule has 2 rings (SSSR count). The van der Waals surface area contributed by atoms with Crippen molar-refractivity contribution in [3.63, 3.8) is 0 Å². The number of hydrogen-bond acceptors (Lipinski definition) is 5. The molecule has 0 saturated heterocycles. The standard InChI is InChI=1S/C9H13N5O/c1-10-8-6-4-11-14(2)9(6)13-7(12-8)5-15-3/h4H,5H2,1-3H3,(H,10,12,13). The molecule has 80 valence electrons. The summed E-state index contributed by atoms with van der Waals surface area (Å²) in [7, 11) is 5.30. The van der Waals surface area contributed by atoms with Crippen molar-refractivity contribution in [1.29, 1.82) is 0 Å². The first-order valence-electron chi connectivity index (χ1n) is 4.61. The van der Waals surface area contributed by atoms with Crippen LogP contribution in [0.4, 0.5) is 5.82 Å². The van der Waals surface area contributed by atoms with Gasteiger partial charge in [0.15, 0.2) is 11.5 Å². The first-order chi connectivity index (χ1) is 7.26. The molecular weight excluding hydrogens is 194 g/mol. The van der Waals surface area contributed by atoms with E-state index >= 15 is 0 Å². The van der Waals surface area contributed by atoms with Gasteiger partial charge < -0.3 is 10.1 Å². The van der Waals surface area contributed by atoms with Gasteiger partial charge in [-0.25, -0.2) is 9.97 Å². The van der Waals surface area contributed by atoms with Crippen molar-refractivity contribution in [2.45, 2.75) is 6.61 Å². The van der Waals surface area contributed by atoms with Gasteiger partial charge in [-0.2, -0.15) is 5.10 Å². The Morgan fingerprint density at radius 1 is 1.47 bits per heavy atom. The number of methoxy groups -OCH3 is 1. The molecule has 0 amide bonds. The number of nitrogens with zero attached hydrogens (tertiary/aromatic N) is 4. The molecule has 6 heteroatoms. The lowest BCUT2D eigenvalue weighted by Crippen LogP contribution is -2.03. The number of fused-ring (bicyclic) bond motifs is 1. The van der Waals surface area contributed by atoms with Crippen LogP contribution in [-0.2, 0) is 18.4 Å². The minimum Gasteiger partial charge on any atom is -0.377 e. The third-order valence-corrected chi connectivity index (χ3v) is 2.15. The van der Waals surface area contributed by atoms with Crippen LogP contribution in [0.5, 0.6) is 0 Å². The lowest BCUT2D eigenvalue weighted by molar-refractivity contribution is 0.178. The van der Waals surface area contributed by atoms with Crippen LogP contribution in [0.3, 0.4) is 0 Å². The maximum Gasteiger partial charge on any atom is 0.163 e. The zero-order valence-electron chi connectivity index (χ0n) is 8.98. The fourth-order valence-corrected chi connectivity index (χ4v) is 1.45. The van der Waals surface area contributed by atoms with E-state index in [1.165, 1.54) is 0 Å². The Kier molecular flexibility index (Phi) is 2.51. The number of rotatable bonds is 3. The number of anilines is 1. The first-order valence-corrected chi connectivity index (χ1v) is 4.61. The van der Waals surface area contributed by atoms with Crippen LogP contribution in [0.2, 0.25) is 0 Å². The van der Waals surface area contributed by atoms with Crippen LogP contribution < -0.4 is 5.32 Å². The summed E-state index contributed by atoms with van der Waals surface area (Å²) in [5, 5.41) is 8.08. The molecule has 0 saturated carbocycles. The third-order valence-electron chi connectivity index (χ3n) is 2.15. The van der Waals surface area contributed by atoms with Crippen molar-refractivity contribution < 1.29 is 4.74 Å². The molecule has 2 aromatic rings. The van der Waals surface area contributed by atoms with Gasteiger partial charge in [-0.15, -0.1) is 0 Å². The fraction of sp³-hybridized carbons (Fsp3) is 0.444. The molecule has 0 fully saturated rings. The van der Waals surface area contributed by atoms with E-state index in [4.69, 9.17) is 4.74 Å². The van der Waals surface area contributed by atoms with E-state index in [1.807, 2.05) is 14.1 Å². The Labute approximate surface area is 87.3 Å². The lowest BCUT2D eigenvalue weighted by atomic mass is 10.4. The summed E-state index contributed by atoms with van der Waals surface area (Å²) in [4.78, 5) is 8.68. The monoisotopic (exact) mass is 207 g/mol. The molecule has 0 atom stereocenters. The predicted octanol–water partition coefficient (Wildman–Crippen LogP) is 0.551. The molecule has 6 nitrogen and oxygen atoms in total. The number of nitrogens with one attached hydrogen (secondary N) is 1. The van der Waals surface area contributed by atoms with Crippen molar-refractivity contribution in [2.24, 2.45) is 7.05 Å². The lowest BCUT2D eigenvalue weighted by Gasteiger charge is -2.04. The molecule has 1 N–H and O–H groups in total. The van der Waals surface area contributed by atoms with E-state index in [0.29, 0.717) is 12.4 Å². The topological polar surface area (TPSA) is 64.9 Å². The van der Waals surface area contributed by atoms with Gasteiger partial charge in [-0.1, -0.05) is 0 Å². The second-order valence-electron chi connectivity index (χ2n) is 3.18. The van der Waals surface area contributed by atoms with Crippen LogP contribution in [0.25, 0.3) is 11.0 Å². The van der Waals surface area contributed by atoms with E-state index in [-0.39, 0.29) is 0 Å². The Morgan fingerprint density at radius 3 is 2.93 bits per heavy atom. The van der Waals surface area contributed by atoms with Gasteiger partial charge in [-0.3, -0.25) is 4.68 Å².